The number of benzene rings is 1. The van der Waals surface area contributed by atoms with Crippen molar-refractivity contribution in [2.24, 2.45) is 0 Å². The zero-order valence-electron chi connectivity index (χ0n) is 11.3. The summed E-state index contributed by atoms with van der Waals surface area (Å²) in [5.74, 6) is -0.169. The van der Waals surface area contributed by atoms with Crippen LogP contribution in [-0.2, 0) is 19.4 Å². The van der Waals surface area contributed by atoms with Crippen molar-refractivity contribution in [1.82, 2.24) is 10.3 Å². The van der Waals surface area contributed by atoms with E-state index in [0.29, 0.717) is 6.04 Å². The number of halogens is 1. The molecule has 0 saturated carbocycles. The van der Waals surface area contributed by atoms with Crippen LogP contribution in [0, 0.1) is 5.82 Å². The highest BCUT2D eigenvalue weighted by Crippen LogP contribution is 2.13. The van der Waals surface area contributed by atoms with Gasteiger partial charge in [0.2, 0.25) is 0 Å². The number of nitrogens with zero attached hydrogens (tertiary/aromatic N) is 1. The SMILES string of the molecule is CCc1cnc(CNC(C)Cc2cccc(F)c2)s1. The number of hydrogen-bond acceptors (Lipinski definition) is 3. The summed E-state index contributed by atoms with van der Waals surface area (Å²) in [5.41, 5.74) is 1.02. The van der Waals surface area contributed by atoms with Crippen LogP contribution in [0.1, 0.15) is 29.3 Å². The van der Waals surface area contributed by atoms with Gasteiger partial charge in [-0.25, -0.2) is 9.37 Å². The Morgan fingerprint density at radius 3 is 2.95 bits per heavy atom. The number of thiazole rings is 1. The van der Waals surface area contributed by atoms with Gasteiger partial charge in [0.25, 0.3) is 0 Å². The van der Waals surface area contributed by atoms with Gasteiger partial charge in [0, 0.05) is 23.7 Å². The molecule has 1 aromatic carbocycles. The summed E-state index contributed by atoms with van der Waals surface area (Å²) < 4.78 is 13.1. The van der Waals surface area contributed by atoms with Crippen molar-refractivity contribution in [2.45, 2.75) is 39.3 Å². The Hall–Kier alpha value is -1.26. The van der Waals surface area contributed by atoms with Gasteiger partial charge in [0.1, 0.15) is 10.8 Å². The topological polar surface area (TPSA) is 24.9 Å². The van der Waals surface area contributed by atoms with E-state index in [-0.39, 0.29) is 5.82 Å². The zero-order chi connectivity index (χ0) is 13.7. The molecule has 19 heavy (non-hydrogen) atoms. The molecule has 2 nitrogen and oxygen atoms in total. The van der Waals surface area contributed by atoms with Crippen LogP contribution in [-0.4, -0.2) is 11.0 Å². The van der Waals surface area contributed by atoms with Crippen molar-refractivity contribution in [3.05, 3.63) is 51.7 Å². The fourth-order valence-electron chi connectivity index (χ4n) is 1.94. The van der Waals surface area contributed by atoms with Crippen LogP contribution in [0.25, 0.3) is 0 Å². The summed E-state index contributed by atoms with van der Waals surface area (Å²) in [5, 5.41) is 4.54. The fraction of sp³-hybridized carbons (Fsp3) is 0.400. The van der Waals surface area contributed by atoms with Crippen molar-refractivity contribution in [3.8, 4) is 0 Å². The third-order valence-electron chi connectivity index (χ3n) is 2.98. The highest BCUT2D eigenvalue weighted by atomic mass is 32.1. The first kappa shape index (κ1) is 14.2. The summed E-state index contributed by atoms with van der Waals surface area (Å²) in [6.07, 6.45) is 3.80. The predicted octanol–water partition coefficient (Wildman–Crippen LogP) is 3.57. The zero-order valence-corrected chi connectivity index (χ0v) is 12.1. The van der Waals surface area contributed by atoms with E-state index in [1.165, 1.54) is 10.9 Å². The molecule has 1 heterocycles. The number of rotatable bonds is 6. The molecule has 0 aliphatic carbocycles. The minimum atomic E-state index is -0.169. The Bertz CT molecular complexity index is 524. The number of aromatic nitrogens is 1. The molecule has 2 rings (SSSR count). The first-order valence-corrected chi connectivity index (χ1v) is 7.40. The summed E-state index contributed by atoms with van der Waals surface area (Å²) in [4.78, 5) is 5.69. The molecule has 0 amide bonds. The van der Waals surface area contributed by atoms with Crippen molar-refractivity contribution in [3.63, 3.8) is 0 Å². The molecular weight excluding hydrogens is 259 g/mol. The molecule has 2 aromatic rings. The van der Waals surface area contributed by atoms with Crippen molar-refractivity contribution < 1.29 is 4.39 Å². The molecule has 102 valence electrons. The second-order valence-corrected chi connectivity index (χ2v) is 5.89. The minimum Gasteiger partial charge on any atom is -0.308 e. The third kappa shape index (κ3) is 4.40. The molecular formula is C15H19FN2S. The summed E-state index contributed by atoms with van der Waals surface area (Å²) in [6, 6.07) is 7.09. The molecule has 0 aliphatic rings. The molecule has 0 aliphatic heterocycles. The molecule has 1 unspecified atom stereocenters. The maximum atomic E-state index is 13.1. The Kier molecular flexibility index (Phi) is 5.05. The van der Waals surface area contributed by atoms with E-state index in [2.05, 4.69) is 24.1 Å². The van der Waals surface area contributed by atoms with Gasteiger partial charge in [-0.15, -0.1) is 11.3 Å². The van der Waals surface area contributed by atoms with E-state index in [1.54, 1.807) is 23.5 Å². The molecule has 1 atom stereocenters. The van der Waals surface area contributed by atoms with Gasteiger partial charge in [-0.05, 0) is 37.5 Å². The van der Waals surface area contributed by atoms with E-state index in [9.17, 15) is 4.39 Å². The van der Waals surface area contributed by atoms with E-state index >= 15 is 0 Å². The van der Waals surface area contributed by atoms with E-state index < -0.39 is 0 Å². The summed E-state index contributed by atoms with van der Waals surface area (Å²) in [6.45, 7) is 5.03. The quantitative estimate of drug-likeness (QED) is 0.874. The lowest BCUT2D eigenvalue weighted by Gasteiger charge is -2.12. The van der Waals surface area contributed by atoms with E-state index in [0.717, 1.165) is 30.0 Å². The highest BCUT2D eigenvalue weighted by molar-refractivity contribution is 7.11. The van der Waals surface area contributed by atoms with Crippen molar-refractivity contribution in [2.75, 3.05) is 0 Å². The van der Waals surface area contributed by atoms with Gasteiger partial charge < -0.3 is 5.32 Å². The van der Waals surface area contributed by atoms with Crippen LogP contribution in [0.2, 0.25) is 0 Å². The maximum Gasteiger partial charge on any atom is 0.123 e. The van der Waals surface area contributed by atoms with E-state index in [4.69, 9.17) is 0 Å². The van der Waals surface area contributed by atoms with Crippen LogP contribution in [0.4, 0.5) is 4.39 Å². The Labute approximate surface area is 117 Å². The molecule has 1 aromatic heterocycles. The van der Waals surface area contributed by atoms with Gasteiger partial charge in [0.05, 0.1) is 0 Å². The van der Waals surface area contributed by atoms with Crippen molar-refractivity contribution >= 4 is 11.3 Å². The van der Waals surface area contributed by atoms with Crippen LogP contribution >= 0.6 is 11.3 Å². The third-order valence-corrected chi connectivity index (χ3v) is 4.12. The first-order chi connectivity index (χ1) is 9.17. The standard InChI is InChI=1S/C15H19FN2S/c1-3-14-9-18-15(19-14)10-17-11(2)7-12-5-4-6-13(16)8-12/h4-6,8-9,11,17H,3,7,10H2,1-2H3. The Morgan fingerprint density at radius 1 is 1.42 bits per heavy atom. The lowest BCUT2D eigenvalue weighted by molar-refractivity contribution is 0.542. The van der Waals surface area contributed by atoms with Crippen LogP contribution in [0.5, 0.6) is 0 Å². The van der Waals surface area contributed by atoms with Gasteiger partial charge in [-0.2, -0.15) is 0 Å². The monoisotopic (exact) mass is 278 g/mol. The lowest BCUT2D eigenvalue weighted by atomic mass is 10.1. The normalized spacial score (nSPS) is 12.6. The van der Waals surface area contributed by atoms with E-state index in [1.807, 2.05) is 12.3 Å². The smallest absolute Gasteiger partial charge is 0.123 e. The second-order valence-electron chi connectivity index (χ2n) is 4.69. The molecule has 0 bridgehead atoms. The molecule has 0 saturated heterocycles. The molecule has 0 radical (unpaired) electrons. The summed E-state index contributed by atoms with van der Waals surface area (Å²) in [7, 11) is 0. The average molecular weight is 278 g/mol. The molecule has 0 fully saturated rings. The van der Waals surface area contributed by atoms with Crippen LogP contribution in [0.15, 0.2) is 30.5 Å². The Balaban J connectivity index is 1.82. The number of aryl methyl sites for hydroxylation is 1. The maximum absolute atomic E-state index is 13.1. The van der Waals surface area contributed by atoms with Gasteiger partial charge in [-0.1, -0.05) is 19.1 Å². The lowest BCUT2D eigenvalue weighted by Crippen LogP contribution is -2.27. The number of nitrogens with one attached hydrogen (secondary N) is 1. The average Bonchev–Trinajstić information content (AvgIpc) is 2.84. The van der Waals surface area contributed by atoms with Gasteiger partial charge in [0.15, 0.2) is 0 Å². The van der Waals surface area contributed by atoms with Gasteiger partial charge in [-0.3, -0.25) is 0 Å². The minimum absolute atomic E-state index is 0.169. The first-order valence-electron chi connectivity index (χ1n) is 6.58. The number of hydrogen-bond donors (Lipinski definition) is 1. The fourth-order valence-corrected chi connectivity index (χ4v) is 2.76. The Morgan fingerprint density at radius 2 is 2.26 bits per heavy atom. The molecule has 0 spiro atoms. The van der Waals surface area contributed by atoms with Crippen LogP contribution in [0.3, 0.4) is 0 Å². The highest BCUT2D eigenvalue weighted by Gasteiger charge is 2.06. The van der Waals surface area contributed by atoms with Gasteiger partial charge >= 0.3 is 0 Å². The van der Waals surface area contributed by atoms with Crippen molar-refractivity contribution in [1.29, 1.82) is 0 Å². The summed E-state index contributed by atoms with van der Waals surface area (Å²) >= 11 is 1.75. The molecule has 4 heteroatoms. The molecule has 1 N–H and O–H groups in total. The van der Waals surface area contributed by atoms with Crippen LogP contribution < -0.4 is 5.32 Å². The largest absolute Gasteiger partial charge is 0.308 e. The predicted molar refractivity (Wildman–Crippen MR) is 77.9 cm³/mol. The second kappa shape index (κ2) is 6.78.